The van der Waals surface area contributed by atoms with Gasteiger partial charge in [-0.25, -0.2) is 4.98 Å². The number of anilines is 1. The third-order valence-electron chi connectivity index (χ3n) is 4.13. The van der Waals surface area contributed by atoms with E-state index in [1.54, 1.807) is 0 Å². The Bertz CT molecular complexity index is 898. The molecule has 1 fully saturated rings. The van der Waals surface area contributed by atoms with E-state index < -0.39 is 35.6 Å². The number of rotatable bonds is 2. The third kappa shape index (κ3) is 1.98. The highest BCUT2D eigenvalue weighted by Crippen LogP contribution is 2.38. The summed E-state index contributed by atoms with van der Waals surface area (Å²) in [5.74, 6) is 7.53. The van der Waals surface area contributed by atoms with Crippen molar-refractivity contribution in [3.8, 4) is 12.3 Å². The van der Waals surface area contributed by atoms with Crippen LogP contribution in [0.2, 0.25) is 0 Å². The molecule has 0 saturated carbocycles. The number of fused-ring (bicyclic) bond motifs is 1. The van der Waals surface area contributed by atoms with Crippen LogP contribution >= 0.6 is 0 Å². The van der Waals surface area contributed by atoms with Crippen LogP contribution in [0.3, 0.4) is 0 Å². The normalized spacial score (nSPS) is 31.2. The molecule has 11 heteroatoms. The zero-order valence-electron chi connectivity index (χ0n) is 12.7. The summed E-state index contributed by atoms with van der Waals surface area (Å²) in [6, 6.07) is 0. The molecule has 1 aliphatic heterocycles. The molecule has 5 atom stereocenters. The fourth-order valence-corrected chi connectivity index (χ4v) is 2.75. The highest BCUT2D eigenvalue weighted by molar-refractivity contribution is 5.71. The first kappa shape index (κ1) is 16.2. The molecule has 2 aromatic rings. The third-order valence-corrected chi connectivity index (χ3v) is 4.13. The van der Waals surface area contributed by atoms with Gasteiger partial charge in [0.2, 0.25) is 5.95 Å². The Kier molecular flexibility index (Phi) is 3.50. The van der Waals surface area contributed by atoms with E-state index in [0.717, 1.165) is 0 Å². The Labute approximate surface area is 135 Å². The predicted octanol–water partition coefficient (Wildman–Crippen LogP) is -3.14. The molecule has 1 unspecified atom stereocenters. The summed E-state index contributed by atoms with van der Waals surface area (Å²) in [6.45, 7) is 1.43. The first-order valence-corrected chi connectivity index (χ1v) is 7.00. The minimum atomic E-state index is -1.68. The molecule has 2 aromatic heterocycles. The zero-order chi connectivity index (χ0) is 17.8. The predicted molar refractivity (Wildman–Crippen MR) is 83.7 cm³/mol. The maximum absolute atomic E-state index is 12.1. The molecule has 3 heterocycles. The fourth-order valence-electron chi connectivity index (χ4n) is 2.75. The van der Waals surface area contributed by atoms with Crippen molar-refractivity contribution in [1.82, 2.24) is 19.2 Å². The second kappa shape index (κ2) is 5.18. The number of imidazole rings is 1. The molecule has 1 aliphatic rings. The van der Waals surface area contributed by atoms with Crippen molar-refractivity contribution in [2.24, 2.45) is 5.73 Å². The van der Waals surface area contributed by atoms with Crippen molar-refractivity contribution in [2.45, 2.75) is 37.0 Å². The van der Waals surface area contributed by atoms with Crippen LogP contribution in [0.15, 0.2) is 11.1 Å². The smallest absolute Gasteiger partial charge is 0.301 e. The lowest BCUT2D eigenvalue weighted by Gasteiger charge is -2.27. The average Bonchev–Trinajstić information content (AvgIpc) is 3.06. The second-order valence-corrected chi connectivity index (χ2v) is 5.69. The molecule has 3 rings (SSSR count). The van der Waals surface area contributed by atoms with Crippen molar-refractivity contribution >= 4 is 17.1 Å². The van der Waals surface area contributed by atoms with Gasteiger partial charge in [-0.3, -0.25) is 9.36 Å². The molecule has 128 valence electrons. The van der Waals surface area contributed by atoms with E-state index in [2.05, 4.69) is 15.9 Å². The summed E-state index contributed by atoms with van der Waals surface area (Å²) in [5, 5.41) is 20.1. The number of nitrogen functional groups attached to an aromatic ring is 2. The number of ether oxygens (including phenoxy) is 1. The Hall–Kier alpha value is -2.65. The van der Waals surface area contributed by atoms with Crippen LogP contribution < -0.4 is 22.9 Å². The lowest BCUT2D eigenvalue weighted by molar-refractivity contribution is -0.0756. The van der Waals surface area contributed by atoms with Gasteiger partial charge in [0, 0.05) is 0 Å². The quantitative estimate of drug-likeness (QED) is 0.280. The average molecular weight is 335 g/mol. The van der Waals surface area contributed by atoms with E-state index in [9.17, 15) is 15.0 Å². The first-order valence-electron chi connectivity index (χ1n) is 7.00. The summed E-state index contributed by atoms with van der Waals surface area (Å²) in [5.41, 5.74) is 9.37. The van der Waals surface area contributed by atoms with Gasteiger partial charge in [-0.2, -0.15) is 9.66 Å². The van der Waals surface area contributed by atoms with Crippen LogP contribution in [0.5, 0.6) is 0 Å². The van der Waals surface area contributed by atoms with Crippen molar-refractivity contribution in [3.63, 3.8) is 0 Å². The molecule has 0 aromatic carbocycles. The molecule has 0 amide bonds. The molecule has 0 radical (unpaired) electrons. The Morgan fingerprint density at radius 2 is 2.25 bits per heavy atom. The van der Waals surface area contributed by atoms with Gasteiger partial charge in [-0.1, -0.05) is 5.92 Å². The maximum atomic E-state index is 12.1. The maximum Gasteiger partial charge on any atom is 0.301 e. The molecule has 0 bridgehead atoms. The number of hydrogen-bond acceptors (Lipinski definition) is 9. The monoisotopic (exact) mass is 335 g/mol. The number of aromatic nitrogens is 4. The van der Waals surface area contributed by atoms with Crippen LogP contribution in [0, 0.1) is 12.3 Å². The number of aliphatic hydroxyl groups is 2. The molecular weight excluding hydrogens is 318 g/mol. The van der Waals surface area contributed by atoms with E-state index in [0.29, 0.717) is 4.68 Å². The summed E-state index contributed by atoms with van der Waals surface area (Å²) >= 11 is 0. The van der Waals surface area contributed by atoms with Gasteiger partial charge in [0.15, 0.2) is 22.9 Å². The molecule has 24 heavy (non-hydrogen) atoms. The van der Waals surface area contributed by atoms with Crippen LogP contribution in [0.25, 0.3) is 11.2 Å². The van der Waals surface area contributed by atoms with Crippen molar-refractivity contribution in [1.29, 1.82) is 0 Å². The first-order chi connectivity index (χ1) is 11.2. The minimum absolute atomic E-state index is 0.0488. The summed E-state index contributed by atoms with van der Waals surface area (Å²) in [6.07, 6.45) is 2.19. The van der Waals surface area contributed by atoms with Gasteiger partial charge in [-0.05, 0) is 6.92 Å². The van der Waals surface area contributed by atoms with Gasteiger partial charge in [0.1, 0.15) is 12.2 Å². The summed E-state index contributed by atoms with van der Waals surface area (Å²) in [7, 11) is 0. The van der Waals surface area contributed by atoms with Crippen LogP contribution in [-0.4, -0.2) is 53.3 Å². The summed E-state index contributed by atoms with van der Waals surface area (Å²) < 4.78 is 7.58. The van der Waals surface area contributed by atoms with E-state index >= 15 is 0 Å². The van der Waals surface area contributed by atoms with E-state index in [1.807, 2.05) is 0 Å². The number of aliphatic hydroxyl groups excluding tert-OH is 2. The van der Waals surface area contributed by atoms with Gasteiger partial charge < -0.3 is 32.3 Å². The summed E-state index contributed by atoms with van der Waals surface area (Å²) in [4.78, 5) is 20.0. The van der Waals surface area contributed by atoms with E-state index in [1.165, 1.54) is 17.8 Å². The lowest BCUT2D eigenvalue weighted by atomic mass is 9.90. The Morgan fingerprint density at radius 1 is 1.58 bits per heavy atom. The van der Waals surface area contributed by atoms with Gasteiger partial charge in [-0.15, -0.1) is 6.42 Å². The number of nitrogens with zero attached hydrogens (tertiary/aromatic N) is 4. The highest BCUT2D eigenvalue weighted by atomic mass is 16.5. The molecular formula is C13H17N7O4. The molecule has 8 N–H and O–H groups in total. The number of nitrogens with two attached hydrogens (primary N) is 3. The lowest BCUT2D eigenvalue weighted by Crippen LogP contribution is -2.54. The highest BCUT2D eigenvalue weighted by Gasteiger charge is 2.55. The van der Waals surface area contributed by atoms with E-state index in [4.69, 9.17) is 28.5 Å². The minimum Gasteiger partial charge on any atom is -0.391 e. The topological polar surface area (TPSA) is 180 Å². The Balaban J connectivity index is 2.20. The number of hydrogen-bond donors (Lipinski definition) is 5. The standard InChI is InChI=1S/C13H17N7O4/c1-3-13(15)8(22)7(5(2)21)24-11(13)19-4-17-6-9(19)18-12(14)20(16)10(6)23/h1,4-5,7-8,11,21-22H,15-16H2,2H3,(H2,14,18)/t5-,7-,8?,11-,13-/m1/s1. The van der Waals surface area contributed by atoms with Crippen LogP contribution in [0.4, 0.5) is 5.95 Å². The van der Waals surface area contributed by atoms with Crippen molar-refractivity contribution in [3.05, 3.63) is 16.7 Å². The van der Waals surface area contributed by atoms with Gasteiger partial charge in [0.05, 0.1) is 12.4 Å². The van der Waals surface area contributed by atoms with Gasteiger partial charge >= 0.3 is 5.56 Å². The van der Waals surface area contributed by atoms with Crippen molar-refractivity contribution in [2.75, 3.05) is 11.6 Å². The van der Waals surface area contributed by atoms with Crippen LogP contribution in [-0.2, 0) is 4.74 Å². The molecule has 0 spiro atoms. The molecule has 11 nitrogen and oxygen atoms in total. The molecule has 1 saturated heterocycles. The van der Waals surface area contributed by atoms with Gasteiger partial charge in [0.25, 0.3) is 0 Å². The van der Waals surface area contributed by atoms with Crippen LogP contribution in [0.1, 0.15) is 13.2 Å². The Morgan fingerprint density at radius 3 is 2.83 bits per heavy atom. The van der Waals surface area contributed by atoms with E-state index in [-0.39, 0.29) is 17.1 Å². The number of terminal acetylenes is 1. The molecule has 0 aliphatic carbocycles. The van der Waals surface area contributed by atoms with Crippen molar-refractivity contribution < 1.29 is 14.9 Å². The largest absolute Gasteiger partial charge is 0.391 e. The zero-order valence-corrected chi connectivity index (χ0v) is 12.7. The fraction of sp³-hybridized carbons (Fsp3) is 0.462. The second-order valence-electron chi connectivity index (χ2n) is 5.69. The SMILES string of the molecule is C#C[C@@]1(N)C(O)[C@@H]([C@@H](C)O)O[C@H]1n1cnc2c(=O)n(N)c(N)nc21.